The molecule has 2 rings (SSSR count). The molecule has 0 unspecified atom stereocenters. The molecule has 0 atom stereocenters. The van der Waals surface area contributed by atoms with E-state index in [-0.39, 0.29) is 11.3 Å². The number of nitriles is 1. The Hall–Kier alpha value is -2.94. The van der Waals surface area contributed by atoms with Crippen LogP contribution in [0.1, 0.15) is 5.56 Å². The Bertz CT molecular complexity index is 696. The van der Waals surface area contributed by atoms with E-state index in [4.69, 9.17) is 5.26 Å². The number of rotatable bonds is 2. The van der Waals surface area contributed by atoms with Gasteiger partial charge in [-0.1, -0.05) is 0 Å². The highest BCUT2D eigenvalue weighted by atomic mass is 16.6. The highest BCUT2D eigenvalue weighted by Crippen LogP contribution is 2.21. The molecule has 0 aliphatic heterocycles. The van der Waals surface area contributed by atoms with E-state index >= 15 is 0 Å². The van der Waals surface area contributed by atoms with Gasteiger partial charge in [0.2, 0.25) is 0 Å². The molecule has 0 saturated carbocycles. The summed E-state index contributed by atoms with van der Waals surface area (Å²) in [6.07, 6.45) is 1.46. The van der Waals surface area contributed by atoms with Crippen LogP contribution < -0.4 is 5.56 Å². The minimum absolute atomic E-state index is 0.00542. The Kier molecular flexibility index (Phi) is 2.89. The summed E-state index contributed by atoms with van der Waals surface area (Å²) in [4.78, 5) is 23.7. The van der Waals surface area contributed by atoms with E-state index in [9.17, 15) is 14.9 Å². The normalized spacial score (nSPS) is 9.72. The number of hydrogen-bond acceptors (Lipinski definition) is 4. The smallest absolute Gasteiger partial charge is 0.269 e. The van der Waals surface area contributed by atoms with Gasteiger partial charge in [0.15, 0.2) is 0 Å². The molecule has 1 aromatic heterocycles. The monoisotopic (exact) mass is 241 g/mol. The van der Waals surface area contributed by atoms with Crippen LogP contribution in [0.15, 0.2) is 41.3 Å². The highest BCUT2D eigenvalue weighted by molar-refractivity contribution is 5.65. The van der Waals surface area contributed by atoms with E-state index in [1.807, 2.05) is 0 Å². The molecule has 1 heterocycles. The fourth-order valence-corrected chi connectivity index (χ4v) is 1.51. The second-order valence-electron chi connectivity index (χ2n) is 3.55. The minimum atomic E-state index is -0.489. The Morgan fingerprint density at radius 2 is 1.89 bits per heavy atom. The fraction of sp³-hybridized carbons (Fsp3) is 0. The van der Waals surface area contributed by atoms with Gasteiger partial charge in [0.25, 0.3) is 11.2 Å². The molecule has 18 heavy (non-hydrogen) atoms. The first-order chi connectivity index (χ1) is 8.61. The molecule has 0 fully saturated rings. The quantitative estimate of drug-likeness (QED) is 0.640. The van der Waals surface area contributed by atoms with Gasteiger partial charge < -0.3 is 4.98 Å². The van der Waals surface area contributed by atoms with E-state index in [1.165, 1.54) is 24.4 Å². The Balaban J connectivity index is 2.46. The summed E-state index contributed by atoms with van der Waals surface area (Å²) in [5, 5.41) is 19.3. The third-order valence-corrected chi connectivity index (χ3v) is 2.44. The Labute approximate surface area is 101 Å². The summed E-state index contributed by atoms with van der Waals surface area (Å²) in [6.45, 7) is 0. The number of nitro benzene ring substituents is 1. The predicted molar refractivity (Wildman–Crippen MR) is 63.9 cm³/mol. The van der Waals surface area contributed by atoms with Crippen LogP contribution in [0.2, 0.25) is 0 Å². The summed E-state index contributed by atoms with van der Waals surface area (Å²) >= 11 is 0. The average molecular weight is 241 g/mol. The number of aromatic amines is 1. The first kappa shape index (κ1) is 11.5. The Morgan fingerprint density at radius 1 is 1.22 bits per heavy atom. The zero-order valence-electron chi connectivity index (χ0n) is 9.08. The molecule has 0 radical (unpaired) electrons. The standard InChI is InChI=1S/C12H7N3O3/c13-6-9-5-10(7-14-12(9)16)8-1-3-11(4-2-8)15(17)18/h1-5,7H,(H,14,16). The SMILES string of the molecule is N#Cc1cc(-c2ccc([N+](=O)[O-])cc2)c[nH]c1=O. The van der Waals surface area contributed by atoms with Crippen LogP contribution in [0.5, 0.6) is 0 Å². The molecular weight excluding hydrogens is 234 g/mol. The van der Waals surface area contributed by atoms with Gasteiger partial charge in [-0.25, -0.2) is 0 Å². The van der Waals surface area contributed by atoms with Crippen LogP contribution in [-0.2, 0) is 0 Å². The lowest BCUT2D eigenvalue weighted by molar-refractivity contribution is -0.384. The third kappa shape index (κ3) is 2.10. The second kappa shape index (κ2) is 4.51. The fourth-order valence-electron chi connectivity index (χ4n) is 1.51. The van der Waals surface area contributed by atoms with Crippen molar-refractivity contribution in [3.8, 4) is 17.2 Å². The lowest BCUT2D eigenvalue weighted by Gasteiger charge is -2.01. The van der Waals surface area contributed by atoms with Crippen molar-refractivity contribution >= 4 is 5.69 Å². The molecule has 2 aromatic rings. The number of nitrogens with one attached hydrogen (secondary N) is 1. The predicted octanol–water partition coefficient (Wildman–Crippen LogP) is 1.82. The number of nitrogens with zero attached hydrogens (tertiary/aromatic N) is 2. The molecule has 6 nitrogen and oxygen atoms in total. The number of hydrogen-bond donors (Lipinski definition) is 1. The van der Waals surface area contributed by atoms with E-state index < -0.39 is 10.5 Å². The van der Waals surface area contributed by atoms with E-state index in [0.29, 0.717) is 11.1 Å². The van der Waals surface area contributed by atoms with Crippen molar-refractivity contribution in [2.75, 3.05) is 0 Å². The van der Waals surface area contributed by atoms with Gasteiger partial charge in [-0.15, -0.1) is 0 Å². The van der Waals surface area contributed by atoms with Gasteiger partial charge in [0.1, 0.15) is 11.6 Å². The van der Waals surface area contributed by atoms with Gasteiger partial charge in [0.05, 0.1) is 4.92 Å². The zero-order chi connectivity index (χ0) is 13.1. The number of aromatic nitrogens is 1. The summed E-state index contributed by atoms with van der Waals surface area (Å²) < 4.78 is 0. The number of nitro groups is 1. The molecule has 0 aliphatic rings. The van der Waals surface area contributed by atoms with Gasteiger partial charge >= 0.3 is 0 Å². The molecule has 0 spiro atoms. The van der Waals surface area contributed by atoms with Crippen LogP contribution in [0.4, 0.5) is 5.69 Å². The van der Waals surface area contributed by atoms with E-state index in [1.54, 1.807) is 18.2 Å². The largest absolute Gasteiger partial charge is 0.327 e. The van der Waals surface area contributed by atoms with Crippen molar-refractivity contribution in [1.29, 1.82) is 5.26 Å². The molecule has 6 heteroatoms. The van der Waals surface area contributed by atoms with E-state index in [0.717, 1.165) is 0 Å². The van der Waals surface area contributed by atoms with Crippen LogP contribution in [0.25, 0.3) is 11.1 Å². The van der Waals surface area contributed by atoms with Crippen molar-refractivity contribution in [2.24, 2.45) is 0 Å². The zero-order valence-corrected chi connectivity index (χ0v) is 9.08. The van der Waals surface area contributed by atoms with Crippen LogP contribution in [0, 0.1) is 21.4 Å². The van der Waals surface area contributed by atoms with Crippen molar-refractivity contribution in [1.82, 2.24) is 4.98 Å². The van der Waals surface area contributed by atoms with Crippen LogP contribution in [-0.4, -0.2) is 9.91 Å². The first-order valence-electron chi connectivity index (χ1n) is 4.99. The average Bonchev–Trinajstić information content (AvgIpc) is 2.39. The molecule has 1 aromatic carbocycles. The maximum Gasteiger partial charge on any atom is 0.269 e. The molecular formula is C12H7N3O3. The number of pyridine rings is 1. The number of non-ortho nitro benzene ring substituents is 1. The molecule has 0 saturated heterocycles. The van der Waals surface area contributed by atoms with Crippen LogP contribution in [0.3, 0.4) is 0 Å². The topological polar surface area (TPSA) is 99.8 Å². The van der Waals surface area contributed by atoms with Gasteiger partial charge in [-0.3, -0.25) is 14.9 Å². The van der Waals surface area contributed by atoms with Crippen LogP contribution >= 0.6 is 0 Å². The van der Waals surface area contributed by atoms with Gasteiger partial charge in [-0.2, -0.15) is 5.26 Å². The molecule has 88 valence electrons. The first-order valence-corrected chi connectivity index (χ1v) is 4.99. The molecule has 0 aliphatic carbocycles. The number of H-pyrrole nitrogens is 1. The van der Waals surface area contributed by atoms with Gasteiger partial charge in [0, 0.05) is 18.3 Å². The lowest BCUT2D eigenvalue weighted by Crippen LogP contribution is -2.08. The number of benzene rings is 1. The summed E-state index contributed by atoms with van der Waals surface area (Å²) in [6, 6.07) is 9.09. The highest BCUT2D eigenvalue weighted by Gasteiger charge is 2.06. The maximum atomic E-state index is 11.2. The third-order valence-electron chi connectivity index (χ3n) is 2.44. The maximum absolute atomic E-state index is 11.2. The summed E-state index contributed by atoms with van der Waals surface area (Å²) in [7, 11) is 0. The van der Waals surface area contributed by atoms with Gasteiger partial charge in [-0.05, 0) is 29.3 Å². The lowest BCUT2D eigenvalue weighted by atomic mass is 10.1. The van der Waals surface area contributed by atoms with E-state index in [2.05, 4.69) is 4.98 Å². The second-order valence-corrected chi connectivity index (χ2v) is 3.55. The minimum Gasteiger partial charge on any atom is -0.327 e. The van der Waals surface area contributed by atoms with Crippen molar-refractivity contribution in [3.63, 3.8) is 0 Å². The molecule has 1 N–H and O–H groups in total. The van der Waals surface area contributed by atoms with Crippen molar-refractivity contribution < 1.29 is 4.92 Å². The van der Waals surface area contributed by atoms with Crippen molar-refractivity contribution in [3.05, 3.63) is 62.6 Å². The Morgan fingerprint density at radius 3 is 2.44 bits per heavy atom. The molecule has 0 amide bonds. The summed E-state index contributed by atoms with van der Waals surface area (Å²) in [5.41, 5.74) is 0.854. The van der Waals surface area contributed by atoms with Crippen molar-refractivity contribution in [2.45, 2.75) is 0 Å². The summed E-state index contributed by atoms with van der Waals surface area (Å²) in [5.74, 6) is 0. The molecule has 0 bridgehead atoms.